The predicted molar refractivity (Wildman–Crippen MR) is 75.9 cm³/mol. The van der Waals surface area contributed by atoms with Crippen LogP contribution in [0.1, 0.15) is 48.5 Å². The van der Waals surface area contributed by atoms with Crippen LogP contribution in [0.3, 0.4) is 0 Å². The summed E-state index contributed by atoms with van der Waals surface area (Å²) in [5.74, 6) is -0.845. The van der Waals surface area contributed by atoms with Gasteiger partial charge in [0.05, 0.1) is 0 Å². The Morgan fingerprint density at radius 1 is 1.00 bits per heavy atom. The number of ketones is 2. The Labute approximate surface area is 113 Å². The molecule has 0 spiro atoms. The highest BCUT2D eigenvalue weighted by Gasteiger charge is 2.24. The van der Waals surface area contributed by atoms with E-state index in [1.807, 2.05) is 12.1 Å². The van der Waals surface area contributed by atoms with Gasteiger partial charge in [0.25, 0.3) is 0 Å². The summed E-state index contributed by atoms with van der Waals surface area (Å²) in [6.07, 6.45) is 6.12. The van der Waals surface area contributed by atoms with Gasteiger partial charge in [-0.1, -0.05) is 50.5 Å². The highest BCUT2D eigenvalue weighted by molar-refractivity contribution is 6.50. The van der Waals surface area contributed by atoms with Crippen LogP contribution in [0.4, 0.5) is 0 Å². The highest BCUT2D eigenvalue weighted by atomic mass is 16.2. The summed E-state index contributed by atoms with van der Waals surface area (Å²) in [6.45, 7) is 3.01. The molecule has 0 aromatic heterocycles. The standard InChI is InChI=1S/C16H19NO2/c1-2-3-4-7-10-17-14-11-15(18)16(19)13-9-6-5-8-12(13)14/h5-6,8-9,11,17H,2-4,7,10H2,1H3. The molecule has 0 unspecified atom stereocenters. The normalized spacial score (nSPS) is 14.1. The summed E-state index contributed by atoms with van der Waals surface area (Å²) in [4.78, 5) is 23.4. The Balaban J connectivity index is 2.06. The largest absolute Gasteiger partial charge is 0.384 e. The number of fused-ring (bicyclic) bond motifs is 1. The van der Waals surface area contributed by atoms with Crippen LogP contribution in [0.15, 0.2) is 30.3 Å². The number of carbonyl (C=O) groups is 2. The topological polar surface area (TPSA) is 46.2 Å². The monoisotopic (exact) mass is 257 g/mol. The number of benzene rings is 1. The van der Waals surface area contributed by atoms with Crippen LogP contribution >= 0.6 is 0 Å². The van der Waals surface area contributed by atoms with Gasteiger partial charge < -0.3 is 5.32 Å². The van der Waals surface area contributed by atoms with Gasteiger partial charge in [-0.15, -0.1) is 0 Å². The molecule has 1 N–H and O–H groups in total. The van der Waals surface area contributed by atoms with E-state index in [2.05, 4.69) is 12.2 Å². The summed E-state index contributed by atoms with van der Waals surface area (Å²) < 4.78 is 0. The van der Waals surface area contributed by atoms with Crippen molar-refractivity contribution in [1.82, 2.24) is 5.32 Å². The van der Waals surface area contributed by atoms with E-state index in [1.165, 1.54) is 25.3 Å². The fourth-order valence-corrected chi connectivity index (χ4v) is 2.24. The molecule has 100 valence electrons. The van der Waals surface area contributed by atoms with Gasteiger partial charge in [0, 0.05) is 29.4 Å². The summed E-state index contributed by atoms with van der Waals surface area (Å²) >= 11 is 0. The Kier molecular flexibility index (Phi) is 4.50. The molecule has 19 heavy (non-hydrogen) atoms. The van der Waals surface area contributed by atoms with Crippen LogP contribution < -0.4 is 5.32 Å². The molecule has 1 aromatic carbocycles. The second-order valence-electron chi connectivity index (χ2n) is 4.78. The lowest BCUT2D eigenvalue weighted by Crippen LogP contribution is -2.24. The SMILES string of the molecule is CCCCCCNC1=CC(=O)C(=O)c2ccccc21. The summed E-state index contributed by atoms with van der Waals surface area (Å²) in [5.41, 5.74) is 2.12. The van der Waals surface area contributed by atoms with E-state index >= 15 is 0 Å². The van der Waals surface area contributed by atoms with Crippen molar-refractivity contribution in [2.75, 3.05) is 6.54 Å². The van der Waals surface area contributed by atoms with Crippen molar-refractivity contribution in [3.05, 3.63) is 41.5 Å². The van der Waals surface area contributed by atoms with E-state index in [4.69, 9.17) is 0 Å². The molecular formula is C16H19NO2. The van der Waals surface area contributed by atoms with Crippen molar-refractivity contribution in [3.63, 3.8) is 0 Å². The fourth-order valence-electron chi connectivity index (χ4n) is 2.24. The molecular weight excluding hydrogens is 238 g/mol. The van der Waals surface area contributed by atoms with Gasteiger partial charge in [-0.2, -0.15) is 0 Å². The number of hydrogen-bond acceptors (Lipinski definition) is 3. The minimum absolute atomic E-state index is 0.410. The summed E-state index contributed by atoms with van der Waals surface area (Å²) in [6, 6.07) is 7.26. The first-order chi connectivity index (χ1) is 9.24. The van der Waals surface area contributed by atoms with E-state index in [0.717, 1.165) is 24.2 Å². The average Bonchev–Trinajstić information content (AvgIpc) is 2.44. The molecule has 3 nitrogen and oxygen atoms in total. The Bertz CT molecular complexity index is 517. The van der Waals surface area contributed by atoms with Gasteiger partial charge in [-0.3, -0.25) is 9.59 Å². The average molecular weight is 257 g/mol. The van der Waals surface area contributed by atoms with E-state index < -0.39 is 11.6 Å². The first-order valence-electron chi connectivity index (χ1n) is 6.87. The van der Waals surface area contributed by atoms with Gasteiger partial charge in [-0.05, 0) is 6.42 Å². The number of hydrogen-bond donors (Lipinski definition) is 1. The Hall–Kier alpha value is -1.90. The number of allylic oxidation sites excluding steroid dienone is 1. The second-order valence-corrected chi connectivity index (χ2v) is 4.78. The molecule has 0 aliphatic heterocycles. The van der Waals surface area contributed by atoms with Crippen LogP contribution in [-0.4, -0.2) is 18.1 Å². The van der Waals surface area contributed by atoms with Crippen molar-refractivity contribution in [2.45, 2.75) is 32.6 Å². The molecule has 0 amide bonds. The number of rotatable bonds is 6. The van der Waals surface area contributed by atoms with E-state index in [-0.39, 0.29) is 0 Å². The Morgan fingerprint density at radius 2 is 1.74 bits per heavy atom. The number of unbranched alkanes of at least 4 members (excludes halogenated alkanes) is 3. The number of carbonyl (C=O) groups excluding carboxylic acids is 2. The molecule has 0 radical (unpaired) electrons. The van der Waals surface area contributed by atoms with Crippen molar-refractivity contribution in [1.29, 1.82) is 0 Å². The maximum absolute atomic E-state index is 11.8. The van der Waals surface area contributed by atoms with Crippen LogP contribution in [0.25, 0.3) is 5.70 Å². The molecule has 1 aliphatic carbocycles. The fraction of sp³-hybridized carbons (Fsp3) is 0.375. The third kappa shape index (κ3) is 3.11. The van der Waals surface area contributed by atoms with Gasteiger partial charge >= 0.3 is 0 Å². The maximum atomic E-state index is 11.8. The van der Waals surface area contributed by atoms with E-state index in [1.54, 1.807) is 12.1 Å². The number of nitrogens with one attached hydrogen (secondary N) is 1. The molecule has 1 aliphatic rings. The van der Waals surface area contributed by atoms with Gasteiger partial charge in [0.2, 0.25) is 11.6 Å². The van der Waals surface area contributed by atoms with Crippen molar-refractivity contribution in [3.8, 4) is 0 Å². The smallest absolute Gasteiger partial charge is 0.233 e. The second kappa shape index (κ2) is 6.32. The quantitative estimate of drug-likeness (QED) is 0.629. The zero-order valence-corrected chi connectivity index (χ0v) is 11.2. The lowest BCUT2D eigenvalue weighted by atomic mass is 9.93. The first kappa shape index (κ1) is 13.5. The Morgan fingerprint density at radius 3 is 2.47 bits per heavy atom. The molecule has 0 bridgehead atoms. The third-order valence-corrected chi connectivity index (χ3v) is 3.31. The lowest BCUT2D eigenvalue weighted by molar-refractivity contribution is -0.111. The van der Waals surface area contributed by atoms with Crippen LogP contribution in [-0.2, 0) is 4.79 Å². The van der Waals surface area contributed by atoms with Crippen LogP contribution in [0, 0.1) is 0 Å². The molecule has 0 fully saturated rings. The lowest BCUT2D eigenvalue weighted by Gasteiger charge is -2.17. The van der Waals surface area contributed by atoms with Crippen molar-refractivity contribution >= 4 is 17.3 Å². The summed E-state index contributed by atoms with van der Waals surface area (Å²) in [7, 11) is 0. The maximum Gasteiger partial charge on any atom is 0.233 e. The van der Waals surface area contributed by atoms with Gasteiger partial charge in [0.15, 0.2) is 0 Å². The van der Waals surface area contributed by atoms with Crippen LogP contribution in [0.5, 0.6) is 0 Å². The predicted octanol–water partition coefficient (Wildman–Crippen LogP) is 2.96. The van der Waals surface area contributed by atoms with Crippen molar-refractivity contribution in [2.24, 2.45) is 0 Å². The molecule has 0 saturated heterocycles. The first-order valence-corrected chi connectivity index (χ1v) is 6.87. The molecule has 2 rings (SSSR count). The molecule has 0 saturated carbocycles. The van der Waals surface area contributed by atoms with E-state index in [9.17, 15) is 9.59 Å². The van der Waals surface area contributed by atoms with Crippen molar-refractivity contribution < 1.29 is 9.59 Å². The molecule has 0 atom stereocenters. The minimum atomic E-state index is -0.435. The van der Waals surface area contributed by atoms with Crippen LogP contribution in [0.2, 0.25) is 0 Å². The van der Waals surface area contributed by atoms with E-state index in [0.29, 0.717) is 5.56 Å². The third-order valence-electron chi connectivity index (χ3n) is 3.31. The highest BCUT2D eigenvalue weighted by Crippen LogP contribution is 2.22. The zero-order chi connectivity index (χ0) is 13.7. The molecule has 0 heterocycles. The van der Waals surface area contributed by atoms with Gasteiger partial charge in [-0.25, -0.2) is 0 Å². The van der Waals surface area contributed by atoms with Gasteiger partial charge in [0.1, 0.15) is 0 Å². The molecule has 1 aromatic rings. The molecule has 3 heteroatoms. The minimum Gasteiger partial charge on any atom is -0.384 e. The number of Topliss-reactive ketones (excluding diaryl/α,β-unsaturated/α-hetero) is 1. The summed E-state index contributed by atoms with van der Waals surface area (Å²) in [5, 5.41) is 3.28. The zero-order valence-electron chi connectivity index (χ0n) is 11.2.